The molecule has 1 aliphatic heterocycles. The molecule has 2 atom stereocenters. The maximum atomic E-state index is 5.69. The number of unbranched alkanes of at least 4 members (excludes halogenated alkanes) is 5. The van der Waals surface area contributed by atoms with Crippen LogP contribution in [0.2, 0.25) is 0 Å². The first-order valence-electron chi connectivity index (χ1n) is 7.66. The Morgan fingerprint density at radius 3 is 2.53 bits per heavy atom. The van der Waals surface area contributed by atoms with Gasteiger partial charge in [0.1, 0.15) is 12.2 Å². The number of methoxy groups -OCH3 is 1. The molecule has 1 rings (SSSR count). The highest BCUT2D eigenvalue weighted by atomic mass is 16.6. The standard InChI is InChI=1S/C15H30O4/c1-3-4-5-6-7-8-9-17-11-14(10-16-2)18-12-15-13-19-15/h14-15H,3-13H2,1-2H3. The number of hydrogen-bond acceptors (Lipinski definition) is 4. The van der Waals surface area contributed by atoms with Crippen LogP contribution in [0.25, 0.3) is 0 Å². The maximum Gasteiger partial charge on any atom is 0.104 e. The zero-order chi connectivity index (χ0) is 13.8. The minimum atomic E-state index is 0.0364. The number of ether oxygens (including phenoxy) is 4. The Labute approximate surface area is 117 Å². The van der Waals surface area contributed by atoms with E-state index in [1.165, 1.54) is 32.1 Å². The van der Waals surface area contributed by atoms with E-state index in [4.69, 9.17) is 18.9 Å². The zero-order valence-corrected chi connectivity index (χ0v) is 12.6. The van der Waals surface area contributed by atoms with Gasteiger partial charge in [0.05, 0.1) is 26.4 Å². The van der Waals surface area contributed by atoms with E-state index in [-0.39, 0.29) is 6.10 Å². The lowest BCUT2D eigenvalue weighted by molar-refractivity contribution is -0.0551. The van der Waals surface area contributed by atoms with E-state index < -0.39 is 0 Å². The minimum Gasteiger partial charge on any atom is -0.382 e. The summed E-state index contributed by atoms with van der Waals surface area (Å²) < 4.78 is 21.6. The number of hydrogen-bond donors (Lipinski definition) is 0. The Morgan fingerprint density at radius 1 is 1.11 bits per heavy atom. The molecule has 0 N–H and O–H groups in total. The Bertz CT molecular complexity index is 195. The second-order valence-corrected chi connectivity index (χ2v) is 5.21. The van der Waals surface area contributed by atoms with E-state index in [1.54, 1.807) is 7.11 Å². The third-order valence-electron chi connectivity index (χ3n) is 3.22. The zero-order valence-electron chi connectivity index (χ0n) is 12.6. The van der Waals surface area contributed by atoms with Gasteiger partial charge < -0.3 is 18.9 Å². The number of rotatable bonds is 14. The van der Waals surface area contributed by atoms with Crippen LogP contribution in [0.3, 0.4) is 0 Å². The molecule has 0 amide bonds. The van der Waals surface area contributed by atoms with Gasteiger partial charge in [-0.15, -0.1) is 0 Å². The summed E-state index contributed by atoms with van der Waals surface area (Å²) in [5, 5.41) is 0. The fourth-order valence-corrected chi connectivity index (χ4v) is 1.94. The summed E-state index contributed by atoms with van der Waals surface area (Å²) in [6, 6.07) is 0. The molecule has 4 nitrogen and oxygen atoms in total. The van der Waals surface area contributed by atoms with Crippen molar-refractivity contribution >= 4 is 0 Å². The summed E-state index contributed by atoms with van der Waals surface area (Å²) in [7, 11) is 1.69. The highest BCUT2D eigenvalue weighted by Gasteiger charge is 2.24. The molecule has 0 spiro atoms. The molecule has 0 radical (unpaired) electrons. The van der Waals surface area contributed by atoms with Crippen molar-refractivity contribution in [3.8, 4) is 0 Å². The summed E-state index contributed by atoms with van der Waals surface area (Å²) >= 11 is 0. The predicted molar refractivity (Wildman–Crippen MR) is 75.6 cm³/mol. The van der Waals surface area contributed by atoms with Crippen LogP contribution >= 0.6 is 0 Å². The van der Waals surface area contributed by atoms with E-state index >= 15 is 0 Å². The molecule has 0 aromatic rings. The SMILES string of the molecule is CCCCCCCCOCC(COC)OCC1CO1. The van der Waals surface area contributed by atoms with Crippen LogP contribution < -0.4 is 0 Å². The average Bonchev–Trinajstić information content (AvgIpc) is 3.23. The first kappa shape index (κ1) is 16.9. The normalized spacial score (nSPS) is 19.6. The smallest absolute Gasteiger partial charge is 0.104 e. The molecule has 1 heterocycles. The maximum absolute atomic E-state index is 5.69. The molecule has 1 saturated heterocycles. The molecule has 2 unspecified atom stereocenters. The summed E-state index contributed by atoms with van der Waals surface area (Å²) in [4.78, 5) is 0. The molecule has 0 aromatic carbocycles. The predicted octanol–water partition coefficient (Wildman–Crippen LogP) is 2.79. The fraction of sp³-hybridized carbons (Fsp3) is 1.00. The molecule has 1 fully saturated rings. The van der Waals surface area contributed by atoms with E-state index in [1.807, 2.05) is 0 Å². The van der Waals surface area contributed by atoms with Crippen LogP contribution in [0.1, 0.15) is 45.4 Å². The quantitative estimate of drug-likeness (QED) is 0.361. The van der Waals surface area contributed by atoms with Crippen LogP contribution in [0.4, 0.5) is 0 Å². The van der Waals surface area contributed by atoms with Crippen molar-refractivity contribution in [2.45, 2.75) is 57.7 Å². The summed E-state index contributed by atoms with van der Waals surface area (Å²) in [6.45, 7) is 5.77. The van der Waals surface area contributed by atoms with Crippen LogP contribution in [0, 0.1) is 0 Å². The number of epoxide rings is 1. The molecule has 0 saturated carbocycles. The van der Waals surface area contributed by atoms with Crippen molar-refractivity contribution in [2.24, 2.45) is 0 Å². The van der Waals surface area contributed by atoms with Crippen LogP contribution in [0.5, 0.6) is 0 Å². The first-order chi connectivity index (χ1) is 9.36. The summed E-state index contributed by atoms with van der Waals surface area (Å²) in [5.41, 5.74) is 0. The van der Waals surface area contributed by atoms with Gasteiger partial charge in [-0.1, -0.05) is 39.0 Å². The molecular weight excluding hydrogens is 244 g/mol. The van der Waals surface area contributed by atoms with Crippen molar-refractivity contribution in [3.05, 3.63) is 0 Å². The first-order valence-corrected chi connectivity index (χ1v) is 7.66. The van der Waals surface area contributed by atoms with Crippen molar-refractivity contribution in [3.63, 3.8) is 0 Å². The molecular formula is C15H30O4. The third-order valence-corrected chi connectivity index (χ3v) is 3.22. The molecule has 0 aromatic heterocycles. The van der Waals surface area contributed by atoms with E-state index in [0.717, 1.165) is 19.6 Å². The Kier molecular flexibility index (Phi) is 10.4. The second kappa shape index (κ2) is 11.6. The van der Waals surface area contributed by atoms with Crippen LogP contribution in [-0.2, 0) is 18.9 Å². The topological polar surface area (TPSA) is 40.2 Å². The van der Waals surface area contributed by atoms with Gasteiger partial charge >= 0.3 is 0 Å². The lowest BCUT2D eigenvalue weighted by atomic mass is 10.1. The molecule has 19 heavy (non-hydrogen) atoms. The molecule has 4 heteroatoms. The second-order valence-electron chi connectivity index (χ2n) is 5.21. The van der Waals surface area contributed by atoms with E-state index in [0.29, 0.717) is 25.9 Å². The van der Waals surface area contributed by atoms with Gasteiger partial charge in [-0.25, -0.2) is 0 Å². The van der Waals surface area contributed by atoms with Crippen molar-refractivity contribution in [1.82, 2.24) is 0 Å². The third kappa shape index (κ3) is 10.3. The molecule has 114 valence electrons. The lowest BCUT2D eigenvalue weighted by Gasteiger charge is -2.16. The van der Waals surface area contributed by atoms with Gasteiger partial charge in [0.15, 0.2) is 0 Å². The van der Waals surface area contributed by atoms with Crippen molar-refractivity contribution < 1.29 is 18.9 Å². The largest absolute Gasteiger partial charge is 0.382 e. The molecule has 1 aliphatic rings. The van der Waals surface area contributed by atoms with Crippen molar-refractivity contribution in [2.75, 3.05) is 40.1 Å². The Hall–Kier alpha value is -0.160. The highest BCUT2D eigenvalue weighted by molar-refractivity contribution is 4.69. The average molecular weight is 274 g/mol. The van der Waals surface area contributed by atoms with Crippen LogP contribution in [0.15, 0.2) is 0 Å². The monoisotopic (exact) mass is 274 g/mol. The van der Waals surface area contributed by atoms with Crippen LogP contribution in [-0.4, -0.2) is 52.4 Å². The summed E-state index contributed by atoms with van der Waals surface area (Å²) in [6.07, 6.45) is 8.10. The van der Waals surface area contributed by atoms with Gasteiger partial charge in [0.25, 0.3) is 0 Å². The van der Waals surface area contributed by atoms with Gasteiger partial charge in [-0.05, 0) is 6.42 Å². The van der Waals surface area contributed by atoms with Gasteiger partial charge in [-0.3, -0.25) is 0 Å². The molecule has 0 aliphatic carbocycles. The van der Waals surface area contributed by atoms with Crippen molar-refractivity contribution in [1.29, 1.82) is 0 Å². The summed E-state index contributed by atoms with van der Waals surface area (Å²) in [5.74, 6) is 0. The Balaban J connectivity index is 1.88. The van der Waals surface area contributed by atoms with Gasteiger partial charge in [0.2, 0.25) is 0 Å². The van der Waals surface area contributed by atoms with E-state index in [2.05, 4.69) is 6.92 Å². The van der Waals surface area contributed by atoms with Gasteiger partial charge in [0, 0.05) is 13.7 Å². The van der Waals surface area contributed by atoms with Gasteiger partial charge in [-0.2, -0.15) is 0 Å². The fourth-order valence-electron chi connectivity index (χ4n) is 1.94. The minimum absolute atomic E-state index is 0.0364. The van der Waals surface area contributed by atoms with E-state index in [9.17, 15) is 0 Å². The highest BCUT2D eigenvalue weighted by Crippen LogP contribution is 2.10. The Morgan fingerprint density at radius 2 is 1.84 bits per heavy atom. The molecule has 0 bridgehead atoms. The lowest BCUT2D eigenvalue weighted by Crippen LogP contribution is -2.27.